The van der Waals surface area contributed by atoms with Crippen LogP contribution in [0.15, 0.2) is 59.4 Å². The minimum Gasteiger partial charge on any atom is -0.463 e. The summed E-state index contributed by atoms with van der Waals surface area (Å²) in [5, 5.41) is 3.53. The molecule has 0 unspecified atom stereocenters. The number of allylic oxidation sites excluding steroid dienone is 1. The number of imidazole rings is 1. The Hall–Kier alpha value is -4.11. The molecule has 3 heterocycles. The van der Waals surface area contributed by atoms with Crippen molar-refractivity contribution in [1.82, 2.24) is 24.8 Å². The Kier molecular flexibility index (Phi) is 5.90. The predicted octanol–water partition coefficient (Wildman–Crippen LogP) is 3.68. The molecule has 0 amide bonds. The topological polar surface area (TPSA) is 120 Å². The normalized spacial score (nSPS) is 16.4. The number of aromatic amines is 1. The molecule has 184 valence electrons. The van der Waals surface area contributed by atoms with Gasteiger partial charge in [-0.05, 0) is 66.6 Å². The van der Waals surface area contributed by atoms with Crippen molar-refractivity contribution in [2.24, 2.45) is 0 Å². The van der Waals surface area contributed by atoms with Crippen LogP contribution in [0.1, 0.15) is 36.0 Å². The summed E-state index contributed by atoms with van der Waals surface area (Å²) >= 11 is 0. The third-order valence-corrected chi connectivity index (χ3v) is 6.36. The Bertz CT molecular complexity index is 1480. The van der Waals surface area contributed by atoms with Crippen LogP contribution in [0.4, 0.5) is 5.82 Å². The number of fused-ring (bicyclic) bond motifs is 3. The van der Waals surface area contributed by atoms with Gasteiger partial charge in [-0.2, -0.15) is 9.97 Å². The number of rotatable bonds is 5. The first kappa shape index (κ1) is 22.4. The molecule has 4 aromatic rings. The second kappa shape index (κ2) is 9.50. The van der Waals surface area contributed by atoms with Crippen LogP contribution in [0.3, 0.4) is 0 Å². The van der Waals surface area contributed by atoms with Gasteiger partial charge < -0.3 is 25.5 Å². The van der Waals surface area contributed by atoms with Gasteiger partial charge in [0.25, 0.3) is 0 Å². The van der Waals surface area contributed by atoms with Gasteiger partial charge in [0.1, 0.15) is 17.0 Å². The molecule has 4 bridgehead atoms. The number of H-pyrrole nitrogens is 1. The Morgan fingerprint density at radius 1 is 1.08 bits per heavy atom. The van der Waals surface area contributed by atoms with E-state index in [9.17, 15) is 4.79 Å². The highest BCUT2D eigenvalue weighted by molar-refractivity contribution is 5.82. The molecular formula is C27H28N6O3. The summed E-state index contributed by atoms with van der Waals surface area (Å²) < 4.78 is 13.5. The Morgan fingerprint density at radius 2 is 1.92 bits per heavy atom. The number of ether oxygens (including phenoxy) is 2. The van der Waals surface area contributed by atoms with Crippen LogP contribution >= 0.6 is 0 Å². The molecule has 0 radical (unpaired) electrons. The zero-order chi connectivity index (χ0) is 24.5. The summed E-state index contributed by atoms with van der Waals surface area (Å²) in [5.74, 6) is 1.67. The Morgan fingerprint density at radius 3 is 2.75 bits per heavy atom. The molecule has 1 aliphatic carbocycles. The number of anilines is 1. The van der Waals surface area contributed by atoms with Gasteiger partial charge in [-0.25, -0.2) is 4.79 Å². The zero-order valence-corrected chi connectivity index (χ0v) is 19.9. The van der Waals surface area contributed by atoms with Crippen LogP contribution < -0.4 is 26.2 Å². The van der Waals surface area contributed by atoms with Crippen LogP contribution in [0.25, 0.3) is 11.2 Å². The van der Waals surface area contributed by atoms with Crippen molar-refractivity contribution in [2.45, 2.75) is 44.8 Å². The van der Waals surface area contributed by atoms with Crippen molar-refractivity contribution in [3.63, 3.8) is 0 Å². The fraction of sp³-hybridized carbons (Fsp3) is 0.296. The molecule has 1 saturated carbocycles. The lowest BCUT2D eigenvalue weighted by Gasteiger charge is -2.12. The Balaban J connectivity index is 1.32. The highest BCUT2D eigenvalue weighted by Gasteiger charge is 2.20. The lowest BCUT2D eigenvalue weighted by atomic mass is 10.1. The fourth-order valence-corrected chi connectivity index (χ4v) is 4.34. The van der Waals surface area contributed by atoms with Crippen molar-refractivity contribution in [3.05, 3.63) is 81.8 Å². The first-order chi connectivity index (χ1) is 17.6. The van der Waals surface area contributed by atoms with E-state index in [1.807, 2.05) is 24.3 Å². The molecule has 1 aliphatic heterocycles. The number of aromatic nitrogens is 4. The maximum absolute atomic E-state index is 12.8. The number of nitrogens with zero attached hydrogens (tertiary/aromatic N) is 3. The predicted molar refractivity (Wildman–Crippen MR) is 137 cm³/mol. The number of hydrogen-bond acceptors (Lipinski definition) is 7. The van der Waals surface area contributed by atoms with Gasteiger partial charge in [-0.15, -0.1) is 0 Å². The summed E-state index contributed by atoms with van der Waals surface area (Å²) in [4.78, 5) is 24.2. The van der Waals surface area contributed by atoms with Crippen LogP contribution in [0, 0.1) is 0 Å². The molecule has 1 fully saturated rings. The molecule has 4 N–H and O–H groups in total. The van der Waals surface area contributed by atoms with Crippen molar-refractivity contribution in [1.29, 1.82) is 0 Å². The monoisotopic (exact) mass is 484 g/mol. The largest absolute Gasteiger partial charge is 0.463 e. The maximum atomic E-state index is 12.8. The highest BCUT2D eigenvalue weighted by Crippen LogP contribution is 2.27. The lowest BCUT2D eigenvalue weighted by Crippen LogP contribution is -2.18. The van der Waals surface area contributed by atoms with E-state index in [1.54, 1.807) is 4.57 Å². The molecule has 9 heteroatoms. The standard InChI is InChI=1S/C27H28N6O3/c28-24-23-25-32-26(31-24)35-11-3-1-2-4-18-12-19(16-33(25)27(34)30-23)14-22(13-18)36-21-9-5-17(6-10-21)15-29-20-7-8-20/h1-2,5-6,9-10,12-14,20,29H,3-4,7-8,11,15-16H2,(H,30,34)(H2,28,31,32)/b2-1-. The van der Waals surface area contributed by atoms with E-state index >= 15 is 0 Å². The second-order valence-electron chi connectivity index (χ2n) is 9.31. The van der Waals surface area contributed by atoms with E-state index in [2.05, 4.69) is 50.6 Å². The molecule has 0 saturated heterocycles. The van der Waals surface area contributed by atoms with Gasteiger partial charge in [-0.1, -0.05) is 30.4 Å². The van der Waals surface area contributed by atoms with Crippen molar-refractivity contribution >= 4 is 17.0 Å². The van der Waals surface area contributed by atoms with E-state index in [0.717, 1.165) is 35.6 Å². The molecule has 6 rings (SSSR count). The van der Waals surface area contributed by atoms with Gasteiger partial charge in [0.2, 0.25) is 0 Å². The number of hydrogen-bond donors (Lipinski definition) is 3. The van der Waals surface area contributed by atoms with Gasteiger partial charge in [0.15, 0.2) is 11.5 Å². The molecule has 2 aliphatic rings. The minimum atomic E-state index is -0.307. The molecule has 2 aromatic heterocycles. The first-order valence-electron chi connectivity index (χ1n) is 12.3. The first-order valence-corrected chi connectivity index (χ1v) is 12.3. The summed E-state index contributed by atoms with van der Waals surface area (Å²) in [6, 6.07) is 15.1. The average molecular weight is 485 g/mol. The van der Waals surface area contributed by atoms with Crippen molar-refractivity contribution < 1.29 is 9.47 Å². The average Bonchev–Trinajstić information content (AvgIpc) is 3.64. The molecular weight excluding hydrogens is 456 g/mol. The molecule has 2 aromatic carbocycles. The maximum Gasteiger partial charge on any atom is 0.328 e. The molecule has 36 heavy (non-hydrogen) atoms. The number of benzene rings is 2. The van der Waals surface area contributed by atoms with Gasteiger partial charge in [0, 0.05) is 12.6 Å². The summed E-state index contributed by atoms with van der Waals surface area (Å²) in [6.07, 6.45) is 8.16. The van der Waals surface area contributed by atoms with Crippen molar-refractivity contribution in [3.8, 4) is 17.5 Å². The number of nitrogens with one attached hydrogen (secondary N) is 2. The zero-order valence-electron chi connectivity index (χ0n) is 19.9. The lowest BCUT2D eigenvalue weighted by molar-refractivity contribution is 0.300. The van der Waals surface area contributed by atoms with E-state index in [1.165, 1.54) is 18.4 Å². The molecule has 9 nitrogen and oxygen atoms in total. The summed E-state index contributed by atoms with van der Waals surface area (Å²) in [5.41, 5.74) is 9.83. The van der Waals surface area contributed by atoms with Crippen molar-refractivity contribution in [2.75, 3.05) is 12.3 Å². The molecule has 0 atom stereocenters. The van der Waals surface area contributed by atoms with Crippen LogP contribution in [0.2, 0.25) is 0 Å². The molecule has 0 spiro atoms. The quantitative estimate of drug-likeness (QED) is 0.370. The fourth-order valence-electron chi connectivity index (χ4n) is 4.34. The van der Waals surface area contributed by atoms with Crippen LogP contribution in [-0.4, -0.2) is 32.2 Å². The van der Waals surface area contributed by atoms with E-state index in [-0.39, 0.29) is 17.5 Å². The minimum absolute atomic E-state index is 0.159. The second-order valence-corrected chi connectivity index (χ2v) is 9.31. The van der Waals surface area contributed by atoms with Gasteiger partial charge >= 0.3 is 11.7 Å². The summed E-state index contributed by atoms with van der Waals surface area (Å²) in [6.45, 7) is 1.59. The highest BCUT2D eigenvalue weighted by atomic mass is 16.5. The van der Waals surface area contributed by atoms with Crippen LogP contribution in [0.5, 0.6) is 17.5 Å². The SMILES string of the molecule is Nc1nc2nc3c1[nH]c(=O)n3Cc1cc(cc(Oc3ccc(CNC4CC4)cc3)c1)C/C=C\CCO2. The number of nitrogen functional groups attached to an aromatic ring is 1. The van der Waals surface area contributed by atoms with E-state index in [0.29, 0.717) is 36.8 Å². The third kappa shape index (κ3) is 4.96. The Labute approximate surface area is 208 Å². The van der Waals surface area contributed by atoms with E-state index in [4.69, 9.17) is 15.2 Å². The number of nitrogens with two attached hydrogens (primary N) is 1. The summed E-state index contributed by atoms with van der Waals surface area (Å²) in [7, 11) is 0. The van der Waals surface area contributed by atoms with E-state index < -0.39 is 0 Å². The third-order valence-electron chi connectivity index (χ3n) is 6.36. The van der Waals surface area contributed by atoms with Gasteiger partial charge in [-0.3, -0.25) is 4.57 Å². The van der Waals surface area contributed by atoms with Gasteiger partial charge in [0.05, 0.1) is 13.2 Å². The van der Waals surface area contributed by atoms with Crippen LogP contribution in [-0.2, 0) is 19.5 Å². The smallest absolute Gasteiger partial charge is 0.328 e.